The van der Waals surface area contributed by atoms with Crippen molar-refractivity contribution in [1.82, 2.24) is 14.5 Å². The van der Waals surface area contributed by atoms with Crippen molar-refractivity contribution in [3.63, 3.8) is 0 Å². The Balaban J connectivity index is 1.24. The van der Waals surface area contributed by atoms with Gasteiger partial charge in [-0.3, -0.25) is 4.90 Å². The van der Waals surface area contributed by atoms with Crippen molar-refractivity contribution < 1.29 is 23.8 Å². The van der Waals surface area contributed by atoms with Crippen molar-refractivity contribution in [2.75, 3.05) is 13.2 Å². The van der Waals surface area contributed by atoms with Crippen LogP contribution >= 0.6 is 11.6 Å². The highest BCUT2D eigenvalue weighted by Crippen LogP contribution is 2.30. The third-order valence-electron chi connectivity index (χ3n) is 7.53. The highest BCUT2D eigenvalue weighted by atomic mass is 35.5. The fraction of sp³-hybridized carbons (Fsp3) is 0.300. The summed E-state index contributed by atoms with van der Waals surface area (Å²) in [6, 6.07) is 15.4. The maximum Gasteiger partial charge on any atom is 0.335 e. The average molecular weight is 561 g/mol. The molecule has 1 fully saturated rings. The van der Waals surface area contributed by atoms with Crippen LogP contribution in [0.1, 0.15) is 44.9 Å². The monoisotopic (exact) mass is 560 g/mol. The summed E-state index contributed by atoms with van der Waals surface area (Å²) in [4.78, 5) is 18.7. The second kappa shape index (κ2) is 10.9. The first-order chi connectivity index (χ1) is 19.4. The molecule has 2 aliphatic heterocycles. The Morgan fingerprint density at radius 2 is 2.08 bits per heavy atom. The lowest BCUT2D eigenvalue weighted by molar-refractivity contribution is -0.0592. The fourth-order valence-electron chi connectivity index (χ4n) is 5.24. The van der Waals surface area contributed by atoms with E-state index < -0.39 is 11.8 Å². The lowest BCUT2D eigenvalue weighted by Crippen LogP contribution is -2.34. The summed E-state index contributed by atoms with van der Waals surface area (Å²) in [5.41, 5.74) is 4.65. The molecule has 1 N–H and O–H groups in total. The van der Waals surface area contributed by atoms with E-state index in [1.807, 2.05) is 12.1 Å². The first-order valence-corrected chi connectivity index (χ1v) is 13.4. The molecule has 6 rings (SSSR count). The Morgan fingerprint density at radius 3 is 2.80 bits per heavy atom. The van der Waals surface area contributed by atoms with Crippen LogP contribution in [0.4, 0.5) is 4.39 Å². The molecule has 1 aromatic heterocycles. The smallest absolute Gasteiger partial charge is 0.335 e. The molecule has 0 bridgehead atoms. The van der Waals surface area contributed by atoms with Crippen molar-refractivity contribution in [2.24, 2.45) is 0 Å². The van der Waals surface area contributed by atoms with Gasteiger partial charge in [0.15, 0.2) is 0 Å². The predicted molar refractivity (Wildman–Crippen MR) is 146 cm³/mol. The SMILES string of the molecule is N#Cc1cc2c(cc1OCc1ccc(Cl)cc1F)CN(Cc1nc3ccc(C(=O)O)cc3n1C[C@@H]1CCO1)CC2. The number of aromatic carboxylic acids is 1. The van der Waals surface area contributed by atoms with Gasteiger partial charge in [0.25, 0.3) is 0 Å². The highest BCUT2D eigenvalue weighted by molar-refractivity contribution is 6.30. The number of halogens is 2. The van der Waals surface area contributed by atoms with Crippen molar-refractivity contribution in [3.8, 4) is 11.8 Å². The van der Waals surface area contributed by atoms with Gasteiger partial charge < -0.3 is 19.1 Å². The number of hydrogen-bond donors (Lipinski definition) is 1. The number of hydrogen-bond acceptors (Lipinski definition) is 6. The van der Waals surface area contributed by atoms with Gasteiger partial charge in [0, 0.05) is 30.3 Å². The van der Waals surface area contributed by atoms with E-state index in [4.69, 9.17) is 26.1 Å². The number of nitriles is 1. The van der Waals surface area contributed by atoms with E-state index in [-0.39, 0.29) is 18.3 Å². The van der Waals surface area contributed by atoms with Gasteiger partial charge in [0.05, 0.1) is 41.4 Å². The van der Waals surface area contributed by atoms with Crippen LogP contribution in [0.3, 0.4) is 0 Å². The minimum atomic E-state index is -0.975. The molecular weight excluding hydrogens is 535 g/mol. The molecule has 3 aromatic carbocycles. The zero-order valence-corrected chi connectivity index (χ0v) is 22.3. The number of rotatable bonds is 8. The van der Waals surface area contributed by atoms with Crippen LogP contribution in [0.15, 0.2) is 48.5 Å². The largest absolute Gasteiger partial charge is 0.487 e. The summed E-state index contributed by atoms with van der Waals surface area (Å²) in [5.74, 6) is -0.175. The van der Waals surface area contributed by atoms with Crippen molar-refractivity contribution in [2.45, 2.75) is 45.2 Å². The van der Waals surface area contributed by atoms with Gasteiger partial charge in [-0.1, -0.05) is 17.7 Å². The highest BCUT2D eigenvalue weighted by Gasteiger charge is 2.25. The molecular formula is C30H26ClFN4O4. The van der Waals surface area contributed by atoms with Gasteiger partial charge >= 0.3 is 5.97 Å². The molecule has 204 valence electrons. The number of benzene rings is 3. The van der Waals surface area contributed by atoms with E-state index in [0.29, 0.717) is 41.5 Å². The molecule has 0 amide bonds. The van der Waals surface area contributed by atoms with Crippen LogP contribution in [0.25, 0.3) is 11.0 Å². The third kappa shape index (κ3) is 5.26. The van der Waals surface area contributed by atoms with E-state index >= 15 is 0 Å². The van der Waals surface area contributed by atoms with Gasteiger partial charge in [0.1, 0.15) is 30.1 Å². The lowest BCUT2D eigenvalue weighted by atomic mass is 9.96. The maximum absolute atomic E-state index is 14.3. The summed E-state index contributed by atoms with van der Waals surface area (Å²) in [6.07, 6.45) is 1.80. The zero-order chi connectivity index (χ0) is 27.8. The number of carboxylic acids is 1. The molecule has 8 nitrogen and oxygen atoms in total. The van der Waals surface area contributed by atoms with Crippen LogP contribution < -0.4 is 4.74 Å². The minimum Gasteiger partial charge on any atom is -0.487 e. The summed E-state index contributed by atoms with van der Waals surface area (Å²) < 4.78 is 27.9. The van der Waals surface area contributed by atoms with Gasteiger partial charge in [-0.15, -0.1) is 0 Å². The Hall–Kier alpha value is -3.97. The van der Waals surface area contributed by atoms with Crippen molar-refractivity contribution >= 4 is 28.6 Å². The summed E-state index contributed by atoms with van der Waals surface area (Å²) >= 11 is 5.86. The maximum atomic E-state index is 14.3. The molecule has 2 aliphatic rings. The molecule has 10 heteroatoms. The minimum absolute atomic E-state index is 0.0220. The molecule has 4 aromatic rings. The fourth-order valence-corrected chi connectivity index (χ4v) is 5.40. The van der Waals surface area contributed by atoms with Crippen LogP contribution in [0.2, 0.25) is 5.02 Å². The first kappa shape index (κ1) is 26.3. The van der Waals surface area contributed by atoms with Gasteiger partial charge in [-0.2, -0.15) is 5.26 Å². The molecule has 3 heterocycles. The Bertz CT molecular complexity index is 1660. The molecule has 1 atom stereocenters. The zero-order valence-electron chi connectivity index (χ0n) is 21.6. The molecule has 40 heavy (non-hydrogen) atoms. The lowest BCUT2D eigenvalue weighted by Gasteiger charge is -2.31. The quantitative estimate of drug-likeness (QED) is 0.311. The van der Waals surface area contributed by atoms with E-state index in [1.54, 1.807) is 30.3 Å². The molecule has 0 saturated carbocycles. The Kier molecular flexibility index (Phi) is 7.15. The number of nitrogens with zero attached hydrogens (tertiary/aromatic N) is 4. The number of imidazole rings is 1. The molecule has 1 saturated heterocycles. The van der Waals surface area contributed by atoms with E-state index in [0.717, 1.165) is 54.0 Å². The third-order valence-corrected chi connectivity index (χ3v) is 7.77. The molecule has 0 unspecified atom stereocenters. The van der Waals surface area contributed by atoms with Gasteiger partial charge in [-0.05, 0) is 66.4 Å². The number of ether oxygens (including phenoxy) is 2. The Morgan fingerprint density at radius 1 is 1.23 bits per heavy atom. The van der Waals surface area contributed by atoms with E-state index in [9.17, 15) is 19.6 Å². The van der Waals surface area contributed by atoms with Crippen molar-refractivity contribution in [3.05, 3.63) is 93.0 Å². The van der Waals surface area contributed by atoms with E-state index in [1.165, 1.54) is 6.07 Å². The summed E-state index contributed by atoms with van der Waals surface area (Å²) in [6.45, 7) is 3.29. The van der Waals surface area contributed by atoms with Crippen LogP contribution in [-0.2, 0) is 37.4 Å². The number of fused-ring (bicyclic) bond motifs is 2. The number of carboxylic acid groups (broad SMARTS) is 1. The summed E-state index contributed by atoms with van der Waals surface area (Å²) in [7, 11) is 0. The standard InChI is InChI=1S/C30H26ClFN4O4/c31-23-3-1-20(25(32)12-23)17-40-28-11-22-14-35(7-5-18(22)9-21(28)13-33)16-29-34-26-4-2-19(30(37)38)10-27(26)36(29)15-24-6-8-39-24/h1-4,9-12,24H,5-8,14-17H2,(H,37,38)/t24-/m0/s1. The normalized spacial score (nSPS) is 16.8. The number of aromatic nitrogens is 2. The van der Waals surface area contributed by atoms with Crippen LogP contribution in [0.5, 0.6) is 5.75 Å². The predicted octanol–water partition coefficient (Wildman–Crippen LogP) is 5.32. The topological polar surface area (TPSA) is 101 Å². The van der Waals surface area contributed by atoms with Gasteiger partial charge in [-0.25, -0.2) is 14.2 Å². The van der Waals surface area contributed by atoms with Gasteiger partial charge in [0.2, 0.25) is 0 Å². The average Bonchev–Trinajstić information content (AvgIpc) is 3.25. The first-order valence-electron chi connectivity index (χ1n) is 13.1. The van der Waals surface area contributed by atoms with Crippen LogP contribution in [0, 0.1) is 17.1 Å². The molecule has 0 aliphatic carbocycles. The van der Waals surface area contributed by atoms with Crippen LogP contribution in [-0.4, -0.2) is 44.8 Å². The van der Waals surface area contributed by atoms with E-state index in [2.05, 4.69) is 15.5 Å². The summed E-state index contributed by atoms with van der Waals surface area (Å²) in [5, 5.41) is 19.5. The Labute approximate surface area is 235 Å². The second-order valence-corrected chi connectivity index (χ2v) is 10.6. The molecule has 0 radical (unpaired) electrons. The second-order valence-electron chi connectivity index (χ2n) is 10.1. The van der Waals surface area contributed by atoms with Crippen molar-refractivity contribution in [1.29, 1.82) is 5.26 Å². The molecule has 0 spiro atoms. The number of carbonyl (C=O) groups is 1.